The minimum Gasteiger partial charge on any atom is -0.497 e. The minimum absolute atomic E-state index is 0.411. The van der Waals surface area contributed by atoms with Crippen molar-refractivity contribution in [3.63, 3.8) is 0 Å². The van der Waals surface area contributed by atoms with Crippen LogP contribution in [0.25, 0.3) is 33.4 Å². The SMILES string of the molecule is COc1cc(-c2cc(OC)cc(C(C)(C)C)c2OP2Oc3cccc(c3)-c3ccccc3O2)c(OP2Oc3cccc(c3)-c3ccccc3O2)c(C(C)(C)C)c1. The first kappa shape index (κ1) is 37.5. The van der Waals surface area contributed by atoms with E-state index in [1.807, 2.05) is 121 Å². The summed E-state index contributed by atoms with van der Waals surface area (Å²) < 4.78 is 52.4. The number of para-hydroxylation sites is 2. The maximum Gasteiger partial charge on any atom is 0.530 e. The number of methoxy groups -OCH3 is 2. The van der Waals surface area contributed by atoms with Gasteiger partial charge in [0, 0.05) is 33.4 Å². The lowest BCUT2D eigenvalue weighted by Crippen LogP contribution is -2.17. The molecule has 4 bridgehead atoms. The van der Waals surface area contributed by atoms with Gasteiger partial charge in [0.05, 0.1) is 14.2 Å². The van der Waals surface area contributed by atoms with Gasteiger partial charge in [0.25, 0.3) is 0 Å². The predicted octanol–water partition coefficient (Wildman–Crippen LogP) is 13.5. The molecule has 2 heterocycles. The van der Waals surface area contributed by atoms with Gasteiger partial charge in [-0.2, -0.15) is 0 Å². The van der Waals surface area contributed by atoms with Gasteiger partial charge in [-0.25, -0.2) is 0 Å². The van der Waals surface area contributed by atoms with E-state index in [2.05, 4.69) is 41.5 Å². The molecule has 0 fully saturated rings. The fourth-order valence-electron chi connectivity index (χ4n) is 6.76. The van der Waals surface area contributed by atoms with Gasteiger partial charge in [0.15, 0.2) is 0 Å². The Kier molecular flexibility index (Phi) is 9.99. The van der Waals surface area contributed by atoms with Crippen LogP contribution in [0, 0.1) is 0 Å². The van der Waals surface area contributed by atoms with E-state index in [1.54, 1.807) is 14.2 Å². The van der Waals surface area contributed by atoms with Crippen molar-refractivity contribution in [3.05, 3.63) is 132 Å². The van der Waals surface area contributed by atoms with E-state index in [-0.39, 0.29) is 0 Å². The summed E-state index contributed by atoms with van der Waals surface area (Å²) in [6.45, 7) is 12.8. The first-order valence-corrected chi connectivity index (χ1v) is 20.6. The lowest BCUT2D eigenvalue weighted by atomic mass is 9.81. The molecule has 0 spiro atoms. The normalized spacial score (nSPS) is 15.7. The Bertz CT molecular complexity index is 2250. The van der Waals surface area contributed by atoms with Gasteiger partial charge >= 0.3 is 17.2 Å². The molecule has 6 aromatic carbocycles. The molecule has 2 aliphatic heterocycles. The molecule has 0 amide bonds. The third-order valence-electron chi connectivity index (χ3n) is 9.60. The van der Waals surface area contributed by atoms with Crippen molar-refractivity contribution >= 4 is 17.2 Å². The van der Waals surface area contributed by atoms with Crippen LogP contribution < -0.4 is 36.6 Å². The topological polar surface area (TPSA) is 73.8 Å². The number of ether oxygens (including phenoxy) is 2. The van der Waals surface area contributed by atoms with E-state index >= 15 is 0 Å². The first-order chi connectivity index (χ1) is 26.9. The summed E-state index contributed by atoms with van der Waals surface area (Å²) in [5.74, 6) is 5.00. The summed E-state index contributed by atoms with van der Waals surface area (Å²) in [6.07, 6.45) is 0. The Balaban J connectivity index is 1.32. The standard InChI is InChI=1S/C46H44O8P2/c1-45(2,3)39-27-33(47-7)25-37(43(39)53-55-49-31-17-13-15-29(23-31)35-19-9-11-21-41(35)51-55)38-26-34(48-8)28-40(46(4,5)6)44(38)54-56-50-32-18-14-16-30(24-32)36-20-10-12-22-42(36)52-56/h9-28H,1-8H3. The molecule has 56 heavy (non-hydrogen) atoms. The van der Waals surface area contributed by atoms with Crippen LogP contribution in [0.1, 0.15) is 52.7 Å². The summed E-state index contributed by atoms with van der Waals surface area (Å²) >= 11 is 0. The first-order valence-electron chi connectivity index (χ1n) is 18.4. The van der Waals surface area contributed by atoms with E-state index in [0.29, 0.717) is 57.1 Å². The lowest BCUT2D eigenvalue weighted by Gasteiger charge is -2.31. The van der Waals surface area contributed by atoms with Crippen LogP contribution in [0.3, 0.4) is 0 Å². The van der Waals surface area contributed by atoms with Crippen molar-refractivity contribution < 1.29 is 36.6 Å². The molecule has 0 radical (unpaired) electrons. The summed E-state index contributed by atoms with van der Waals surface area (Å²) in [5, 5.41) is 0. The van der Waals surface area contributed by atoms with Crippen LogP contribution in [-0.2, 0) is 10.8 Å². The van der Waals surface area contributed by atoms with E-state index in [9.17, 15) is 0 Å². The molecule has 8 nitrogen and oxygen atoms in total. The minimum atomic E-state index is -2.03. The zero-order valence-electron chi connectivity index (χ0n) is 32.7. The van der Waals surface area contributed by atoms with Gasteiger partial charge < -0.3 is 36.6 Å². The number of benzene rings is 6. The maximum atomic E-state index is 7.06. The largest absolute Gasteiger partial charge is 0.530 e. The second kappa shape index (κ2) is 14.9. The third-order valence-corrected chi connectivity index (χ3v) is 11.7. The van der Waals surface area contributed by atoms with Crippen LogP contribution in [0.2, 0.25) is 0 Å². The fraction of sp³-hybridized carbons (Fsp3) is 0.217. The van der Waals surface area contributed by atoms with Crippen molar-refractivity contribution in [2.45, 2.75) is 52.4 Å². The molecular formula is C46H44O8P2. The zero-order chi connectivity index (χ0) is 39.2. The van der Waals surface area contributed by atoms with Gasteiger partial charge in [0.1, 0.15) is 46.0 Å². The molecule has 0 saturated heterocycles. The average Bonchev–Trinajstić information content (AvgIpc) is 3.17. The van der Waals surface area contributed by atoms with Gasteiger partial charge in [-0.15, -0.1) is 0 Å². The summed E-state index contributed by atoms with van der Waals surface area (Å²) in [5.41, 5.74) is 6.22. The molecule has 0 aliphatic carbocycles. The van der Waals surface area contributed by atoms with E-state index < -0.39 is 28.0 Å². The number of hydrogen-bond donors (Lipinski definition) is 0. The van der Waals surface area contributed by atoms with Crippen LogP contribution in [0.4, 0.5) is 0 Å². The highest BCUT2D eigenvalue weighted by molar-refractivity contribution is 7.43. The molecule has 2 unspecified atom stereocenters. The Hall–Kier alpha value is -5.42. The second-order valence-corrected chi connectivity index (χ2v) is 17.6. The van der Waals surface area contributed by atoms with Crippen LogP contribution in [0.5, 0.6) is 46.0 Å². The van der Waals surface area contributed by atoms with Crippen molar-refractivity contribution in [2.24, 2.45) is 0 Å². The monoisotopic (exact) mass is 786 g/mol. The van der Waals surface area contributed by atoms with Crippen molar-refractivity contribution in [1.82, 2.24) is 0 Å². The molecule has 0 aromatic heterocycles. The van der Waals surface area contributed by atoms with Gasteiger partial charge in [-0.3, -0.25) is 0 Å². The molecule has 0 N–H and O–H groups in total. The summed E-state index contributed by atoms with van der Waals surface area (Å²) in [7, 11) is -0.729. The summed E-state index contributed by atoms with van der Waals surface area (Å²) in [4.78, 5) is 0. The Morgan fingerprint density at radius 2 is 0.839 bits per heavy atom. The third kappa shape index (κ3) is 7.56. The number of rotatable bonds is 7. The Morgan fingerprint density at radius 3 is 1.23 bits per heavy atom. The summed E-state index contributed by atoms with van der Waals surface area (Å²) in [6, 6.07) is 39.6. The Labute approximate surface area is 331 Å². The smallest absolute Gasteiger partial charge is 0.497 e. The van der Waals surface area contributed by atoms with Gasteiger partial charge in [-0.1, -0.05) is 102 Å². The van der Waals surface area contributed by atoms with Crippen molar-refractivity contribution in [1.29, 1.82) is 0 Å². The molecule has 10 heteroatoms. The van der Waals surface area contributed by atoms with E-state index in [4.69, 9.17) is 36.6 Å². The molecule has 2 aliphatic rings. The van der Waals surface area contributed by atoms with Crippen molar-refractivity contribution in [3.8, 4) is 79.4 Å². The quantitative estimate of drug-likeness (QED) is 0.148. The van der Waals surface area contributed by atoms with Gasteiger partial charge in [-0.05, 0) is 82.6 Å². The van der Waals surface area contributed by atoms with Gasteiger partial charge in [0.2, 0.25) is 0 Å². The zero-order valence-corrected chi connectivity index (χ0v) is 34.5. The van der Waals surface area contributed by atoms with Crippen molar-refractivity contribution in [2.75, 3.05) is 14.2 Å². The highest BCUT2D eigenvalue weighted by atomic mass is 31.2. The van der Waals surface area contributed by atoms with Crippen LogP contribution in [0.15, 0.2) is 121 Å². The van der Waals surface area contributed by atoms with E-state index in [0.717, 1.165) is 33.4 Å². The molecule has 8 rings (SSSR count). The average molecular weight is 787 g/mol. The fourth-order valence-corrected chi connectivity index (χ4v) is 8.88. The highest BCUT2D eigenvalue weighted by Gasteiger charge is 2.35. The molecular weight excluding hydrogens is 742 g/mol. The number of hydrogen-bond acceptors (Lipinski definition) is 8. The van der Waals surface area contributed by atoms with Crippen LogP contribution >= 0.6 is 17.2 Å². The molecule has 6 aromatic rings. The van der Waals surface area contributed by atoms with E-state index in [1.165, 1.54) is 0 Å². The second-order valence-electron chi connectivity index (χ2n) is 15.6. The lowest BCUT2D eigenvalue weighted by molar-refractivity contribution is 0.376. The highest BCUT2D eigenvalue weighted by Crippen LogP contribution is 2.57. The molecule has 286 valence electrons. The molecule has 0 saturated carbocycles. The maximum absolute atomic E-state index is 7.06. The Morgan fingerprint density at radius 1 is 0.429 bits per heavy atom. The van der Waals surface area contributed by atoms with Crippen LogP contribution in [-0.4, -0.2) is 14.2 Å². The molecule has 2 atom stereocenters. The predicted molar refractivity (Wildman–Crippen MR) is 224 cm³/mol. The number of fused-ring (bicyclic) bond motifs is 8.